The Morgan fingerprint density at radius 3 is 2.64 bits per heavy atom. The minimum absolute atomic E-state index is 0.0282. The van der Waals surface area contributed by atoms with Gasteiger partial charge in [-0.05, 0) is 25.0 Å². The molecule has 1 atom stereocenters. The number of nitrogens with one attached hydrogen (secondary N) is 1. The molecular weight excluding hydrogens is 325 g/mol. The lowest BCUT2D eigenvalue weighted by atomic mass is 10.1. The van der Waals surface area contributed by atoms with E-state index in [4.69, 9.17) is 23.2 Å². The van der Waals surface area contributed by atoms with Crippen molar-refractivity contribution >= 4 is 40.0 Å². The van der Waals surface area contributed by atoms with E-state index in [1.54, 1.807) is 0 Å². The second kappa shape index (κ2) is 6.67. The Balaban J connectivity index is 2.32. The van der Waals surface area contributed by atoms with Gasteiger partial charge in [0.25, 0.3) is 5.56 Å². The molecule has 0 spiro atoms. The average Bonchev–Trinajstić information content (AvgIpc) is 2.42. The number of nitrogens with zero attached hydrogens (tertiary/aromatic N) is 2. The van der Waals surface area contributed by atoms with Crippen LogP contribution in [0.1, 0.15) is 20.8 Å². The van der Waals surface area contributed by atoms with Crippen molar-refractivity contribution in [1.82, 2.24) is 14.9 Å². The molecular formula is C15H17Cl2N3O2. The van der Waals surface area contributed by atoms with Crippen LogP contribution in [0.4, 0.5) is 0 Å². The highest BCUT2D eigenvalue weighted by Gasteiger charge is 2.14. The molecule has 2 aromatic rings. The van der Waals surface area contributed by atoms with Crippen molar-refractivity contribution in [3.8, 4) is 0 Å². The maximum absolute atomic E-state index is 12.4. The molecule has 1 N–H and O–H groups in total. The standard InChI is InChI=1S/C15H17Cl2N3O2/c1-8(2)9(3)19-13(21)6-20-7-18-14-11(15(20)22)4-10(16)5-12(14)17/h4-5,7-9H,6H2,1-3H3,(H,19,21)/t9-/m1/s1. The number of hydrogen-bond donors (Lipinski definition) is 1. The van der Waals surface area contributed by atoms with Gasteiger partial charge in [-0.25, -0.2) is 4.98 Å². The lowest BCUT2D eigenvalue weighted by molar-refractivity contribution is -0.122. The van der Waals surface area contributed by atoms with Gasteiger partial charge in [-0.2, -0.15) is 0 Å². The smallest absolute Gasteiger partial charge is 0.261 e. The normalized spacial score (nSPS) is 12.6. The first-order valence-corrected chi connectivity index (χ1v) is 7.68. The summed E-state index contributed by atoms with van der Waals surface area (Å²) in [6.45, 7) is 5.85. The number of carbonyl (C=O) groups excluding carboxylic acids is 1. The van der Waals surface area contributed by atoms with E-state index in [1.807, 2.05) is 20.8 Å². The molecule has 0 saturated carbocycles. The topological polar surface area (TPSA) is 64.0 Å². The summed E-state index contributed by atoms with van der Waals surface area (Å²) in [6.07, 6.45) is 1.32. The summed E-state index contributed by atoms with van der Waals surface area (Å²) in [6, 6.07) is 3.06. The van der Waals surface area contributed by atoms with Crippen LogP contribution in [0.2, 0.25) is 10.0 Å². The van der Waals surface area contributed by atoms with E-state index in [1.165, 1.54) is 23.0 Å². The Kier molecular flexibility index (Phi) is 5.08. The van der Waals surface area contributed by atoms with Gasteiger partial charge in [0.15, 0.2) is 0 Å². The van der Waals surface area contributed by atoms with E-state index < -0.39 is 0 Å². The number of aromatic nitrogens is 2. The Morgan fingerprint density at radius 2 is 2.00 bits per heavy atom. The van der Waals surface area contributed by atoms with Crippen LogP contribution in [-0.4, -0.2) is 21.5 Å². The lowest BCUT2D eigenvalue weighted by Gasteiger charge is -2.17. The third-order valence-corrected chi connectivity index (χ3v) is 4.05. The number of halogens is 2. The Morgan fingerprint density at radius 1 is 1.32 bits per heavy atom. The van der Waals surface area contributed by atoms with Crippen molar-refractivity contribution in [3.63, 3.8) is 0 Å². The predicted molar refractivity (Wildman–Crippen MR) is 88.5 cm³/mol. The summed E-state index contributed by atoms with van der Waals surface area (Å²) in [5.74, 6) is 0.0746. The fourth-order valence-electron chi connectivity index (χ4n) is 1.93. The molecule has 0 unspecified atom stereocenters. The van der Waals surface area contributed by atoms with Crippen molar-refractivity contribution in [2.45, 2.75) is 33.4 Å². The molecule has 0 fully saturated rings. The fourth-order valence-corrected chi connectivity index (χ4v) is 2.47. The van der Waals surface area contributed by atoms with E-state index in [0.717, 1.165) is 0 Å². The van der Waals surface area contributed by atoms with E-state index in [9.17, 15) is 9.59 Å². The molecule has 0 radical (unpaired) electrons. The first-order chi connectivity index (χ1) is 10.3. The third-order valence-electron chi connectivity index (χ3n) is 3.55. The molecule has 22 heavy (non-hydrogen) atoms. The van der Waals surface area contributed by atoms with Crippen LogP contribution in [0.15, 0.2) is 23.3 Å². The summed E-state index contributed by atoms with van der Waals surface area (Å²) >= 11 is 11.9. The molecule has 1 amide bonds. The number of fused-ring (bicyclic) bond motifs is 1. The molecule has 0 aliphatic heterocycles. The second-order valence-electron chi connectivity index (χ2n) is 5.56. The van der Waals surface area contributed by atoms with Crippen molar-refractivity contribution in [3.05, 3.63) is 38.9 Å². The van der Waals surface area contributed by atoms with E-state index in [0.29, 0.717) is 26.9 Å². The minimum Gasteiger partial charge on any atom is -0.352 e. The van der Waals surface area contributed by atoms with Crippen LogP contribution >= 0.6 is 23.2 Å². The van der Waals surface area contributed by atoms with Gasteiger partial charge in [0.1, 0.15) is 6.54 Å². The van der Waals surface area contributed by atoms with Gasteiger partial charge in [-0.3, -0.25) is 14.2 Å². The summed E-state index contributed by atoms with van der Waals surface area (Å²) in [4.78, 5) is 28.6. The molecule has 1 aromatic carbocycles. The fraction of sp³-hybridized carbons (Fsp3) is 0.400. The Hall–Kier alpha value is -1.59. The number of rotatable bonds is 4. The third kappa shape index (κ3) is 3.59. The van der Waals surface area contributed by atoms with Crippen LogP contribution in [0.25, 0.3) is 10.9 Å². The number of benzene rings is 1. The Bertz CT molecular complexity index is 771. The van der Waals surface area contributed by atoms with Gasteiger partial charge in [-0.1, -0.05) is 37.0 Å². The van der Waals surface area contributed by atoms with Gasteiger partial charge in [0.2, 0.25) is 5.91 Å². The van der Waals surface area contributed by atoms with Crippen molar-refractivity contribution in [2.24, 2.45) is 5.92 Å². The highest BCUT2D eigenvalue weighted by molar-refractivity contribution is 6.38. The molecule has 1 heterocycles. The van der Waals surface area contributed by atoms with Crippen LogP contribution < -0.4 is 10.9 Å². The maximum Gasteiger partial charge on any atom is 0.261 e. The van der Waals surface area contributed by atoms with Gasteiger partial charge in [0, 0.05) is 11.1 Å². The molecule has 0 aliphatic carbocycles. The molecule has 7 heteroatoms. The SMILES string of the molecule is CC(C)[C@@H](C)NC(=O)Cn1cnc2c(Cl)cc(Cl)cc2c1=O. The van der Waals surface area contributed by atoms with Crippen molar-refractivity contribution < 1.29 is 4.79 Å². The van der Waals surface area contributed by atoms with Gasteiger partial charge in [0.05, 0.1) is 22.3 Å². The summed E-state index contributed by atoms with van der Waals surface area (Å²) < 4.78 is 1.25. The zero-order valence-corrected chi connectivity index (χ0v) is 14.1. The van der Waals surface area contributed by atoms with Crippen LogP contribution in [0, 0.1) is 5.92 Å². The number of amides is 1. The Labute approximate surface area is 138 Å². The first kappa shape index (κ1) is 16.8. The number of hydrogen-bond acceptors (Lipinski definition) is 3. The quantitative estimate of drug-likeness (QED) is 0.929. The van der Waals surface area contributed by atoms with E-state index in [-0.39, 0.29) is 24.1 Å². The molecule has 5 nitrogen and oxygen atoms in total. The van der Waals surface area contributed by atoms with Crippen molar-refractivity contribution in [2.75, 3.05) is 0 Å². The number of carbonyl (C=O) groups is 1. The largest absolute Gasteiger partial charge is 0.352 e. The highest BCUT2D eigenvalue weighted by atomic mass is 35.5. The predicted octanol–water partition coefficient (Wildman–Crippen LogP) is 2.86. The van der Waals surface area contributed by atoms with Crippen LogP contribution in [-0.2, 0) is 11.3 Å². The molecule has 118 valence electrons. The molecule has 0 aliphatic rings. The summed E-state index contributed by atoms with van der Waals surface area (Å²) in [5, 5.41) is 3.81. The van der Waals surface area contributed by atoms with E-state index >= 15 is 0 Å². The highest BCUT2D eigenvalue weighted by Crippen LogP contribution is 2.23. The van der Waals surface area contributed by atoms with Gasteiger partial charge >= 0.3 is 0 Å². The maximum atomic E-state index is 12.4. The van der Waals surface area contributed by atoms with Crippen LogP contribution in [0.3, 0.4) is 0 Å². The van der Waals surface area contributed by atoms with Gasteiger partial charge < -0.3 is 5.32 Å². The summed E-state index contributed by atoms with van der Waals surface area (Å²) in [7, 11) is 0. The second-order valence-corrected chi connectivity index (χ2v) is 6.41. The molecule has 0 saturated heterocycles. The lowest BCUT2D eigenvalue weighted by Crippen LogP contribution is -2.39. The van der Waals surface area contributed by atoms with Crippen LogP contribution in [0.5, 0.6) is 0 Å². The minimum atomic E-state index is -0.346. The zero-order chi connectivity index (χ0) is 16.4. The monoisotopic (exact) mass is 341 g/mol. The zero-order valence-electron chi connectivity index (χ0n) is 12.6. The first-order valence-electron chi connectivity index (χ1n) is 6.93. The van der Waals surface area contributed by atoms with E-state index in [2.05, 4.69) is 10.3 Å². The van der Waals surface area contributed by atoms with Crippen molar-refractivity contribution in [1.29, 1.82) is 0 Å². The molecule has 1 aromatic heterocycles. The summed E-state index contributed by atoms with van der Waals surface area (Å²) in [5.41, 5.74) is 0.0324. The average molecular weight is 342 g/mol. The molecule has 0 bridgehead atoms. The van der Waals surface area contributed by atoms with Gasteiger partial charge in [-0.15, -0.1) is 0 Å². The molecule has 2 rings (SSSR count).